The van der Waals surface area contributed by atoms with Gasteiger partial charge < -0.3 is 5.73 Å². The molecule has 0 spiro atoms. The summed E-state index contributed by atoms with van der Waals surface area (Å²) in [5, 5.41) is 0. The number of hydrogen-bond donors (Lipinski definition) is 1. The molecular formula is C16H24FN. The molecule has 2 atom stereocenters. The lowest BCUT2D eigenvalue weighted by Gasteiger charge is -2.29. The molecule has 1 nitrogen and oxygen atoms in total. The zero-order valence-corrected chi connectivity index (χ0v) is 11.3. The van der Waals surface area contributed by atoms with Crippen LogP contribution in [0.2, 0.25) is 0 Å². The highest BCUT2D eigenvalue weighted by molar-refractivity contribution is 5.25. The predicted molar refractivity (Wildman–Crippen MR) is 73.7 cm³/mol. The largest absolute Gasteiger partial charge is 0.321 e. The van der Waals surface area contributed by atoms with Gasteiger partial charge in [-0.05, 0) is 42.9 Å². The van der Waals surface area contributed by atoms with Gasteiger partial charge in [0.15, 0.2) is 0 Å². The first-order valence-corrected chi connectivity index (χ1v) is 7.19. The Morgan fingerprint density at radius 3 is 2.89 bits per heavy atom. The van der Waals surface area contributed by atoms with Crippen molar-refractivity contribution in [3.8, 4) is 0 Å². The van der Waals surface area contributed by atoms with Crippen molar-refractivity contribution in [2.24, 2.45) is 11.7 Å². The molecule has 18 heavy (non-hydrogen) atoms. The Morgan fingerprint density at radius 1 is 1.33 bits per heavy atom. The molecule has 0 heterocycles. The summed E-state index contributed by atoms with van der Waals surface area (Å²) < 4.78 is 13.3. The van der Waals surface area contributed by atoms with Gasteiger partial charge in [-0.1, -0.05) is 44.7 Å². The van der Waals surface area contributed by atoms with E-state index in [0.29, 0.717) is 0 Å². The van der Waals surface area contributed by atoms with Crippen LogP contribution in [0.3, 0.4) is 0 Å². The zero-order chi connectivity index (χ0) is 13.0. The summed E-state index contributed by atoms with van der Waals surface area (Å²) in [6.07, 6.45) is 8.15. The molecule has 0 amide bonds. The van der Waals surface area contributed by atoms with E-state index >= 15 is 0 Å². The number of benzene rings is 1. The van der Waals surface area contributed by atoms with Gasteiger partial charge in [0.25, 0.3) is 0 Å². The molecule has 1 aromatic rings. The highest BCUT2D eigenvalue weighted by Gasteiger charge is 2.30. The Hall–Kier alpha value is -0.890. The molecule has 1 aromatic carbocycles. The highest BCUT2D eigenvalue weighted by atomic mass is 19.1. The molecule has 1 saturated carbocycles. The van der Waals surface area contributed by atoms with Crippen LogP contribution in [0.15, 0.2) is 24.3 Å². The average molecular weight is 249 g/mol. The molecule has 0 radical (unpaired) electrons. The topological polar surface area (TPSA) is 26.0 Å². The van der Waals surface area contributed by atoms with Crippen molar-refractivity contribution in [3.05, 3.63) is 35.6 Å². The molecule has 2 unspecified atom stereocenters. The third-order valence-corrected chi connectivity index (χ3v) is 4.33. The molecule has 1 fully saturated rings. The van der Waals surface area contributed by atoms with Crippen LogP contribution in [0, 0.1) is 11.7 Å². The summed E-state index contributed by atoms with van der Waals surface area (Å²) in [6, 6.07) is 6.85. The Bertz CT molecular complexity index is 390. The molecule has 2 heteroatoms. The van der Waals surface area contributed by atoms with E-state index in [9.17, 15) is 4.39 Å². The summed E-state index contributed by atoms with van der Waals surface area (Å²) in [7, 11) is 0. The van der Waals surface area contributed by atoms with Gasteiger partial charge in [-0.15, -0.1) is 0 Å². The normalized spacial score (nSPS) is 28.9. The van der Waals surface area contributed by atoms with Crippen LogP contribution >= 0.6 is 0 Å². The van der Waals surface area contributed by atoms with Gasteiger partial charge >= 0.3 is 0 Å². The monoisotopic (exact) mass is 249 g/mol. The van der Waals surface area contributed by atoms with Crippen molar-refractivity contribution in [2.45, 2.75) is 57.4 Å². The average Bonchev–Trinajstić information content (AvgIpc) is 2.54. The highest BCUT2D eigenvalue weighted by Crippen LogP contribution is 2.37. The van der Waals surface area contributed by atoms with Crippen LogP contribution in [-0.2, 0) is 5.54 Å². The molecule has 0 bridgehead atoms. The second-order valence-electron chi connectivity index (χ2n) is 5.75. The Balaban J connectivity index is 2.11. The van der Waals surface area contributed by atoms with Crippen molar-refractivity contribution in [1.82, 2.24) is 0 Å². The maximum Gasteiger partial charge on any atom is 0.123 e. The summed E-state index contributed by atoms with van der Waals surface area (Å²) >= 11 is 0. The molecule has 2 rings (SSSR count). The van der Waals surface area contributed by atoms with Crippen molar-refractivity contribution in [2.75, 3.05) is 0 Å². The molecule has 0 aliphatic heterocycles. The van der Waals surface area contributed by atoms with E-state index < -0.39 is 0 Å². The smallest absolute Gasteiger partial charge is 0.123 e. The summed E-state index contributed by atoms with van der Waals surface area (Å²) in [5.41, 5.74) is 7.20. The van der Waals surface area contributed by atoms with Crippen LogP contribution in [0.4, 0.5) is 4.39 Å². The van der Waals surface area contributed by atoms with E-state index in [1.807, 2.05) is 6.07 Å². The van der Waals surface area contributed by atoms with E-state index in [4.69, 9.17) is 5.73 Å². The van der Waals surface area contributed by atoms with Crippen LogP contribution in [0.5, 0.6) is 0 Å². The first-order chi connectivity index (χ1) is 8.64. The number of nitrogens with two attached hydrogens (primary N) is 1. The fourth-order valence-electron chi connectivity index (χ4n) is 3.22. The third kappa shape index (κ3) is 3.11. The van der Waals surface area contributed by atoms with Gasteiger partial charge in [0, 0.05) is 5.54 Å². The van der Waals surface area contributed by atoms with Crippen molar-refractivity contribution in [3.63, 3.8) is 0 Å². The van der Waals surface area contributed by atoms with Crippen LogP contribution in [-0.4, -0.2) is 0 Å². The lowest BCUT2D eigenvalue weighted by molar-refractivity contribution is 0.366. The zero-order valence-electron chi connectivity index (χ0n) is 11.3. The van der Waals surface area contributed by atoms with Gasteiger partial charge in [-0.2, -0.15) is 0 Å². The molecule has 0 saturated heterocycles. The lowest BCUT2D eigenvalue weighted by atomic mass is 9.83. The van der Waals surface area contributed by atoms with E-state index in [0.717, 1.165) is 30.7 Å². The first kappa shape index (κ1) is 13.5. The number of halogens is 1. The third-order valence-electron chi connectivity index (χ3n) is 4.33. The maximum atomic E-state index is 13.3. The van der Waals surface area contributed by atoms with E-state index in [1.54, 1.807) is 12.1 Å². The minimum Gasteiger partial charge on any atom is -0.321 e. The van der Waals surface area contributed by atoms with Gasteiger partial charge in [-0.3, -0.25) is 0 Å². The fraction of sp³-hybridized carbons (Fsp3) is 0.625. The second-order valence-corrected chi connectivity index (χ2v) is 5.75. The van der Waals surface area contributed by atoms with Gasteiger partial charge in [0.2, 0.25) is 0 Å². The second kappa shape index (κ2) is 5.83. The molecule has 0 aromatic heterocycles. The van der Waals surface area contributed by atoms with Gasteiger partial charge in [-0.25, -0.2) is 4.39 Å². The van der Waals surface area contributed by atoms with Crippen molar-refractivity contribution < 1.29 is 4.39 Å². The molecule has 1 aliphatic carbocycles. The number of rotatable bonds is 3. The quantitative estimate of drug-likeness (QED) is 0.791. The van der Waals surface area contributed by atoms with Gasteiger partial charge in [0.1, 0.15) is 5.82 Å². The SMILES string of the molecule is CCCC1CCCC(N)(c2cccc(F)c2)CC1. The first-order valence-electron chi connectivity index (χ1n) is 7.19. The summed E-state index contributed by atoms with van der Waals surface area (Å²) in [6.45, 7) is 2.24. The molecule has 100 valence electrons. The van der Waals surface area contributed by atoms with Gasteiger partial charge in [0.05, 0.1) is 0 Å². The molecular weight excluding hydrogens is 225 g/mol. The van der Waals surface area contributed by atoms with Crippen LogP contribution in [0.1, 0.15) is 57.4 Å². The Morgan fingerprint density at radius 2 is 2.17 bits per heavy atom. The maximum absolute atomic E-state index is 13.3. The van der Waals surface area contributed by atoms with Crippen molar-refractivity contribution >= 4 is 0 Å². The summed E-state index contributed by atoms with van der Waals surface area (Å²) in [4.78, 5) is 0. The standard InChI is InChI=1S/C16H24FN/c1-2-5-13-6-4-10-16(18,11-9-13)14-7-3-8-15(17)12-14/h3,7-8,12-13H,2,4-6,9-11,18H2,1H3. The van der Waals surface area contributed by atoms with Crippen LogP contribution in [0.25, 0.3) is 0 Å². The van der Waals surface area contributed by atoms with E-state index in [-0.39, 0.29) is 11.4 Å². The molecule has 1 aliphatic rings. The van der Waals surface area contributed by atoms with E-state index in [2.05, 4.69) is 6.92 Å². The lowest BCUT2D eigenvalue weighted by Crippen LogP contribution is -2.36. The Kier molecular flexibility index (Phi) is 4.39. The predicted octanol–water partition coefficient (Wildman–Crippen LogP) is 4.36. The number of hydrogen-bond acceptors (Lipinski definition) is 1. The van der Waals surface area contributed by atoms with Crippen molar-refractivity contribution in [1.29, 1.82) is 0 Å². The fourth-order valence-corrected chi connectivity index (χ4v) is 3.22. The van der Waals surface area contributed by atoms with Crippen LogP contribution < -0.4 is 5.73 Å². The Labute approximate surface area is 110 Å². The summed E-state index contributed by atoms with van der Waals surface area (Å²) in [5.74, 6) is 0.640. The van der Waals surface area contributed by atoms with E-state index in [1.165, 1.54) is 31.7 Å². The minimum absolute atomic E-state index is 0.174. The molecule has 2 N–H and O–H groups in total. The minimum atomic E-state index is -0.315.